The first-order chi connectivity index (χ1) is 10.2. The fourth-order valence-electron chi connectivity index (χ4n) is 2.35. The third-order valence-corrected chi connectivity index (χ3v) is 3.85. The standard InChI is InChI=1S/C18H32N2O/c1-5-15-21-18-11-9-17(10-12-18)16(4)19-13-8-14-20(6-2)7-3/h9-12,16,19H,5-8,13-15H2,1-4H3. The van der Waals surface area contributed by atoms with Crippen molar-refractivity contribution in [2.45, 2.75) is 46.6 Å². The van der Waals surface area contributed by atoms with Crippen LogP contribution in [0.1, 0.15) is 52.1 Å². The summed E-state index contributed by atoms with van der Waals surface area (Å²) >= 11 is 0. The van der Waals surface area contributed by atoms with Gasteiger partial charge in [-0.2, -0.15) is 0 Å². The molecule has 1 N–H and O–H groups in total. The van der Waals surface area contributed by atoms with Crippen LogP contribution in [0.3, 0.4) is 0 Å². The first-order valence-corrected chi connectivity index (χ1v) is 8.39. The Morgan fingerprint density at radius 3 is 2.33 bits per heavy atom. The Hall–Kier alpha value is -1.06. The molecule has 3 heteroatoms. The van der Waals surface area contributed by atoms with Crippen molar-refractivity contribution in [3.8, 4) is 5.75 Å². The normalized spacial score (nSPS) is 12.6. The van der Waals surface area contributed by atoms with Crippen molar-refractivity contribution in [3.05, 3.63) is 29.8 Å². The predicted octanol–water partition coefficient (Wildman–Crippen LogP) is 3.86. The van der Waals surface area contributed by atoms with E-state index >= 15 is 0 Å². The van der Waals surface area contributed by atoms with Crippen LogP contribution >= 0.6 is 0 Å². The van der Waals surface area contributed by atoms with E-state index in [4.69, 9.17) is 4.74 Å². The molecular formula is C18H32N2O. The average Bonchev–Trinajstić information content (AvgIpc) is 2.53. The van der Waals surface area contributed by atoms with E-state index in [-0.39, 0.29) is 0 Å². The van der Waals surface area contributed by atoms with E-state index in [9.17, 15) is 0 Å². The van der Waals surface area contributed by atoms with Crippen molar-refractivity contribution in [3.63, 3.8) is 0 Å². The molecule has 0 aliphatic rings. The summed E-state index contributed by atoms with van der Waals surface area (Å²) in [5, 5.41) is 3.60. The van der Waals surface area contributed by atoms with Gasteiger partial charge in [-0.1, -0.05) is 32.9 Å². The van der Waals surface area contributed by atoms with Crippen LogP contribution in [0.15, 0.2) is 24.3 Å². The quantitative estimate of drug-likeness (QED) is 0.627. The SMILES string of the molecule is CCCOc1ccc(C(C)NCCCN(CC)CC)cc1. The fraction of sp³-hybridized carbons (Fsp3) is 0.667. The lowest BCUT2D eigenvalue weighted by atomic mass is 10.1. The van der Waals surface area contributed by atoms with Gasteiger partial charge in [-0.25, -0.2) is 0 Å². The Kier molecular flexibility index (Phi) is 9.11. The van der Waals surface area contributed by atoms with Crippen LogP contribution in [0.5, 0.6) is 5.75 Å². The van der Waals surface area contributed by atoms with Gasteiger partial charge in [-0.15, -0.1) is 0 Å². The molecule has 1 aromatic rings. The Balaban J connectivity index is 2.29. The molecule has 0 fully saturated rings. The molecule has 0 aromatic heterocycles. The monoisotopic (exact) mass is 292 g/mol. The van der Waals surface area contributed by atoms with Crippen molar-refractivity contribution in [2.24, 2.45) is 0 Å². The smallest absolute Gasteiger partial charge is 0.119 e. The second kappa shape index (κ2) is 10.6. The Labute approximate surface area is 130 Å². The molecule has 120 valence electrons. The third-order valence-electron chi connectivity index (χ3n) is 3.85. The van der Waals surface area contributed by atoms with Gasteiger partial charge in [0.15, 0.2) is 0 Å². The highest BCUT2D eigenvalue weighted by molar-refractivity contribution is 5.28. The van der Waals surface area contributed by atoms with Crippen LogP contribution < -0.4 is 10.1 Å². The van der Waals surface area contributed by atoms with Gasteiger partial charge in [-0.05, 0) is 63.6 Å². The number of nitrogens with zero attached hydrogens (tertiary/aromatic N) is 1. The molecule has 0 heterocycles. The molecule has 1 rings (SSSR count). The van der Waals surface area contributed by atoms with Gasteiger partial charge in [0.2, 0.25) is 0 Å². The van der Waals surface area contributed by atoms with Gasteiger partial charge >= 0.3 is 0 Å². The van der Waals surface area contributed by atoms with Crippen LogP contribution in [-0.2, 0) is 0 Å². The molecule has 1 unspecified atom stereocenters. The van der Waals surface area contributed by atoms with Gasteiger partial charge < -0.3 is 15.0 Å². The number of nitrogens with one attached hydrogen (secondary N) is 1. The summed E-state index contributed by atoms with van der Waals surface area (Å²) in [4.78, 5) is 2.46. The summed E-state index contributed by atoms with van der Waals surface area (Å²) < 4.78 is 5.61. The lowest BCUT2D eigenvalue weighted by Crippen LogP contribution is -2.28. The zero-order valence-corrected chi connectivity index (χ0v) is 14.2. The molecular weight excluding hydrogens is 260 g/mol. The van der Waals surface area contributed by atoms with Gasteiger partial charge in [-0.3, -0.25) is 0 Å². The van der Waals surface area contributed by atoms with Crippen molar-refractivity contribution >= 4 is 0 Å². The Morgan fingerprint density at radius 2 is 1.76 bits per heavy atom. The van der Waals surface area contributed by atoms with Crippen LogP contribution in [0.2, 0.25) is 0 Å². The maximum Gasteiger partial charge on any atom is 0.119 e. The van der Waals surface area contributed by atoms with Crippen molar-refractivity contribution in [2.75, 3.05) is 32.8 Å². The maximum atomic E-state index is 5.61. The Morgan fingerprint density at radius 1 is 1.10 bits per heavy atom. The summed E-state index contributed by atoms with van der Waals surface area (Å²) in [5.41, 5.74) is 1.32. The first kappa shape index (κ1) is 18.0. The molecule has 0 amide bonds. The maximum absolute atomic E-state index is 5.61. The van der Waals surface area contributed by atoms with Crippen LogP contribution in [0.4, 0.5) is 0 Å². The Bertz CT molecular complexity index is 360. The highest BCUT2D eigenvalue weighted by Crippen LogP contribution is 2.17. The highest BCUT2D eigenvalue weighted by atomic mass is 16.5. The average molecular weight is 292 g/mol. The minimum atomic E-state index is 0.391. The van der Waals surface area contributed by atoms with E-state index in [0.29, 0.717) is 6.04 Å². The van der Waals surface area contributed by atoms with Crippen LogP contribution in [0, 0.1) is 0 Å². The van der Waals surface area contributed by atoms with Crippen molar-refractivity contribution < 1.29 is 4.74 Å². The largest absolute Gasteiger partial charge is 0.494 e. The summed E-state index contributed by atoms with van der Waals surface area (Å²) in [6, 6.07) is 8.85. The summed E-state index contributed by atoms with van der Waals surface area (Å²) in [6.45, 7) is 14.1. The highest BCUT2D eigenvalue weighted by Gasteiger charge is 2.05. The van der Waals surface area contributed by atoms with Crippen molar-refractivity contribution in [1.29, 1.82) is 0 Å². The second-order valence-corrected chi connectivity index (χ2v) is 5.47. The molecule has 0 aliphatic carbocycles. The fourth-order valence-corrected chi connectivity index (χ4v) is 2.35. The van der Waals surface area contributed by atoms with Gasteiger partial charge in [0, 0.05) is 6.04 Å². The van der Waals surface area contributed by atoms with E-state index in [1.54, 1.807) is 0 Å². The molecule has 0 aliphatic heterocycles. The molecule has 0 radical (unpaired) electrons. The molecule has 1 atom stereocenters. The summed E-state index contributed by atoms with van der Waals surface area (Å²) in [5.74, 6) is 0.967. The van der Waals surface area contributed by atoms with E-state index in [0.717, 1.165) is 38.4 Å². The number of rotatable bonds is 11. The third kappa shape index (κ3) is 6.96. The number of hydrogen-bond donors (Lipinski definition) is 1. The predicted molar refractivity (Wildman–Crippen MR) is 91.1 cm³/mol. The van der Waals surface area contributed by atoms with E-state index in [1.807, 2.05) is 0 Å². The van der Waals surface area contributed by atoms with Gasteiger partial charge in [0.1, 0.15) is 5.75 Å². The topological polar surface area (TPSA) is 24.5 Å². The zero-order chi connectivity index (χ0) is 15.5. The van der Waals surface area contributed by atoms with Crippen molar-refractivity contribution in [1.82, 2.24) is 10.2 Å². The minimum Gasteiger partial charge on any atom is -0.494 e. The lowest BCUT2D eigenvalue weighted by Gasteiger charge is -2.19. The number of hydrogen-bond acceptors (Lipinski definition) is 3. The number of benzene rings is 1. The van der Waals surface area contributed by atoms with Crippen LogP contribution in [-0.4, -0.2) is 37.7 Å². The summed E-state index contributed by atoms with van der Waals surface area (Å²) in [6.07, 6.45) is 2.25. The van der Waals surface area contributed by atoms with E-state index < -0.39 is 0 Å². The molecule has 21 heavy (non-hydrogen) atoms. The molecule has 0 spiro atoms. The molecule has 0 saturated carbocycles. The summed E-state index contributed by atoms with van der Waals surface area (Å²) in [7, 11) is 0. The van der Waals surface area contributed by atoms with Crippen LogP contribution in [0.25, 0.3) is 0 Å². The first-order valence-electron chi connectivity index (χ1n) is 8.39. The van der Waals surface area contributed by atoms with Gasteiger partial charge in [0.25, 0.3) is 0 Å². The molecule has 3 nitrogen and oxygen atoms in total. The molecule has 1 aromatic carbocycles. The minimum absolute atomic E-state index is 0.391. The van der Waals surface area contributed by atoms with E-state index in [2.05, 4.69) is 62.2 Å². The lowest BCUT2D eigenvalue weighted by molar-refractivity contribution is 0.296. The second-order valence-electron chi connectivity index (χ2n) is 5.47. The molecule has 0 bridgehead atoms. The zero-order valence-electron chi connectivity index (χ0n) is 14.2. The molecule has 0 saturated heterocycles. The van der Waals surface area contributed by atoms with Gasteiger partial charge in [0.05, 0.1) is 6.61 Å². The number of ether oxygens (including phenoxy) is 1. The van der Waals surface area contributed by atoms with E-state index in [1.165, 1.54) is 18.5 Å².